The van der Waals surface area contributed by atoms with Gasteiger partial charge in [-0.3, -0.25) is 4.68 Å². The van der Waals surface area contributed by atoms with Crippen LogP contribution in [0.3, 0.4) is 0 Å². The third-order valence-electron chi connectivity index (χ3n) is 4.34. The van der Waals surface area contributed by atoms with Gasteiger partial charge in [-0.05, 0) is 56.0 Å². The summed E-state index contributed by atoms with van der Waals surface area (Å²) in [5, 5.41) is 8.16. The first kappa shape index (κ1) is 13.2. The molecule has 1 N–H and O–H groups in total. The van der Waals surface area contributed by atoms with Gasteiger partial charge in [0, 0.05) is 11.9 Å². The molecule has 0 aliphatic heterocycles. The molecule has 0 unspecified atom stereocenters. The molecule has 20 heavy (non-hydrogen) atoms. The van der Waals surface area contributed by atoms with Gasteiger partial charge in [-0.15, -0.1) is 0 Å². The van der Waals surface area contributed by atoms with Crippen molar-refractivity contribution in [1.29, 1.82) is 0 Å². The predicted octanol–water partition coefficient (Wildman–Crippen LogP) is 4.23. The van der Waals surface area contributed by atoms with E-state index >= 15 is 0 Å². The van der Waals surface area contributed by atoms with Crippen molar-refractivity contribution < 1.29 is 0 Å². The number of hydrogen-bond donors (Lipinski definition) is 1. The third-order valence-corrected chi connectivity index (χ3v) is 4.34. The van der Waals surface area contributed by atoms with Crippen LogP contribution in [0.4, 0.5) is 5.69 Å². The van der Waals surface area contributed by atoms with Gasteiger partial charge in [0.25, 0.3) is 0 Å². The van der Waals surface area contributed by atoms with Crippen LogP contribution >= 0.6 is 0 Å². The minimum atomic E-state index is 0.630. The Morgan fingerprint density at radius 1 is 1.15 bits per heavy atom. The number of aromatic nitrogens is 2. The summed E-state index contributed by atoms with van der Waals surface area (Å²) in [6.07, 6.45) is 7.40. The fourth-order valence-corrected chi connectivity index (χ4v) is 2.89. The SMILES string of the molecule is Cc1ccc(NCc2ccn(C3CCCC3)n2)cc1C. The maximum atomic E-state index is 4.70. The maximum Gasteiger partial charge on any atom is 0.0815 e. The van der Waals surface area contributed by atoms with Crippen molar-refractivity contribution >= 4 is 5.69 Å². The van der Waals surface area contributed by atoms with Crippen molar-refractivity contribution in [2.45, 2.75) is 52.1 Å². The summed E-state index contributed by atoms with van der Waals surface area (Å²) < 4.78 is 2.16. The van der Waals surface area contributed by atoms with Gasteiger partial charge in [0.15, 0.2) is 0 Å². The molecular weight excluding hydrogens is 246 g/mol. The lowest BCUT2D eigenvalue weighted by Crippen LogP contribution is -2.07. The minimum Gasteiger partial charge on any atom is -0.379 e. The summed E-state index contributed by atoms with van der Waals surface area (Å²) in [6.45, 7) is 5.08. The molecule has 1 fully saturated rings. The van der Waals surface area contributed by atoms with Gasteiger partial charge in [-0.2, -0.15) is 5.10 Å². The molecule has 1 aliphatic rings. The number of nitrogens with zero attached hydrogens (tertiary/aromatic N) is 2. The molecule has 0 radical (unpaired) electrons. The van der Waals surface area contributed by atoms with E-state index < -0.39 is 0 Å². The molecule has 0 bridgehead atoms. The Bertz CT molecular complexity index is 580. The van der Waals surface area contributed by atoms with Crippen molar-refractivity contribution in [3.8, 4) is 0 Å². The van der Waals surface area contributed by atoms with E-state index in [1.54, 1.807) is 0 Å². The van der Waals surface area contributed by atoms with E-state index in [-0.39, 0.29) is 0 Å². The molecule has 0 amide bonds. The largest absolute Gasteiger partial charge is 0.379 e. The number of benzene rings is 1. The van der Waals surface area contributed by atoms with Crippen molar-refractivity contribution in [2.75, 3.05) is 5.32 Å². The van der Waals surface area contributed by atoms with Crippen LogP contribution in [0.2, 0.25) is 0 Å². The van der Waals surface area contributed by atoms with Crippen molar-refractivity contribution in [1.82, 2.24) is 9.78 Å². The summed E-state index contributed by atoms with van der Waals surface area (Å²) >= 11 is 0. The molecule has 3 nitrogen and oxygen atoms in total. The minimum absolute atomic E-state index is 0.630. The van der Waals surface area contributed by atoms with Crippen LogP contribution in [0.25, 0.3) is 0 Å². The van der Waals surface area contributed by atoms with Gasteiger partial charge in [0.05, 0.1) is 18.3 Å². The highest BCUT2D eigenvalue weighted by Crippen LogP contribution is 2.28. The zero-order chi connectivity index (χ0) is 13.9. The number of rotatable bonds is 4. The molecule has 3 heteroatoms. The van der Waals surface area contributed by atoms with E-state index in [2.05, 4.69) is 54.3 Å². The van der Waals surface area contributed by atoms with Crippen LogP contribution in [0, 0.1) is 13.8 Å². The van der Waals surface area contributed by atoms with Crippen LogP contribution in [0.5, 0.6) is 0 Å². The number of nitrogens with one attached hydrogen (secondary N) is 1. The summed E-state index contributed by atoms with van der Waals surface area (Å²) in [5.74, 6) is 0. The van der Waals surface area contributed by atoms with Gasteiger partial charge in [0.2, 0.25) is 0 Å². The van der Waals surface area contributed by atoms with E-state index in [4.69, 9.17) is 5.10 Å². The molecular formula is C17H23N3. The fraction of sp³-hybridized carbons (Fsp3) is 0.471. The van der Waals surface area contributed by atoms with Crippen molar-refractivity contribution in [3.63, 3.8) is 0 Å². The quantitative estimate of drug-likeness (QED) is 0.900. The monoisotopic (exact) mass is 269 g/mol. The second-order valence-corrected chi connectivity index (χ2v) is 5.88. The summed E-state index contributed by atoms with van der Waals surface area (Å²) in [5.41, 5.74) is 4.95. The lowest BCUT2D eigenvalue weighted by atomic mass is 10.1. The Hall–Kier alpha value is -1.77. The summed E-state index contributed by atoms with van der Waals surface area (Å²) in [7, 11) is 0. The molecule has 0 saturated heterocycles. The van der Waals surface area contributed by atoms with Gasteiger partial charge >= 0.3 is 0 Å². The number of anilines is 1. The zero-order valence-corrected chi connectivity index (χ0v) is 12.4. The molecule has 106 valence electrons. The van der Waals surface area contributed by atoms with Crippen LogP contribution in [-0.2, 0) is 6.54 Å². The standard InChI is InChI=1S/C17H23N3/c1-13-7-8-15(11-14(13)2)18-12-16-9-10-20(19-16)17-5-3-4-6-17/h7-11,17-18H,3-6,12H2,1-2H3. The molecule has 1 aromatic heterocycles. The molecule has 2 aromatic rings. The maximum absolute atomic E-state index is 4.70. The van der Waals surface area contributed by atoms with Gasteiger partial charge < -0.3 is 5.32 Å². The molecule has 3 rings (SSSR count). The average molecular weight is 269 g/mol. The Kier molecular flexibility index (Phi) is 3.77. The van der Waals surface area contributed by atoms with Crippen LogP contribution in [0.15, 0.2) is 30.5 Å². The Balaban J connectivity index is 1.61. The first-order valence-electron chi connectivity index (χ1n) is 7.57. The molecule has 0 spiro atoms. The van der Waals surface area contributed by atoms with Crippen LogP contribution in [0.1, 0.15) is 48.5 Å². The van der Waals surface area contributed by atoms with Gasteiger partial charge in [0.1, 0.15) is 0 Å². The normalized spacial score (nSPS) is 15.7. The van der Waals surface area contributed by atoms with E-state index in [1.807, 2.05) is 0 Å². The molecule has 1 aliphatic carbocycles. The summed E-state index contributed by atoms with van der Waals surface area (Å²) in [4.78, 5) is 0. The zero-order valence-electron chi connectivity index (χ0n) is 12.4. The predicted molar refractivity (Wildman–Crippen MR) is 83.0 cm³/mol. The first-order chi connectivity index (χ1) is 9.72. The van der Waals surface area contributed by atoms with E-state index in [0.717, 1.165) is 12.2 Å². The highest BCUT2D eigenvalue weighted by Gasteiger charge is 2.17. The topological polar surface area (TPSA) is 29.9 Å². The molecule has 0 atom stereocenters. The van der Waals surface area contributed by atoms with Crippen molar-refractivity contribution in [2.24, 2.45) is 0 Å². The van der Waals surface area contributed by atoms with Crippen LogP contribution in [-0.4, -0.2) is 9.78 Å². The van der Waals surface area contributed by atoms with E-state index in [9.17, 15) is 0 Å². The lowest BCUT2D eigenvalue weighted by molar-refractivity contribution is 0.463. The Labute approximate surface area is 121 Å². The van der Waals surface area contributed by atoms with E-state index in [0.29, 0.717) is 6.04 Å². The van der Waals surface area contributed by atoms with Gasteiger partial charge in [-0.1, -0.05) is 18.9 Å². The Morgan fingerprint density at radius 3 is 2.70 bits per heavy atom. The highest BCUT2D eigenvalue weighted by molar-refractivity contribution is 5.48. The smallest absolute Gasteiger partial charge is 0.0815 e. The molecule has 1 heterocycles. The third kappa shape index (κ3) is 2.87. The molecule has 1 aromatic carbocycles. The highest BCUT2D eigenvalue weighted by atomic mass is 15.3. The fourth-order valence-electron chi connectivity index (χ4n) is 2.89. The summed E-state index contributed by atoms with van der Waals surface area (Å²) in [6, 6.07) is 9.26. The van der Waals surface area contributed by atoms with Gasteiger partial charge in [-0.25, -0.2) is 0 Å². The van der Waals surface area contributed by atoms with Crippen molar-refractivity contribution in [3.05, 3.63) is 47.3 Å². The number of aryl methyl sites for hydroxylation is 2. The first-order valence-corrected chi connectivity index (χ1v) is 7.57. The second kappa shape index (κ2) is 5.70. The average Bonchev–Trinajstić information content (AvgIpc) is 3.09. The lowest BCUT2D eigenvalue weighted by Gasteiger charge is -2.09. The van der Waals surface area contributed by atoms with E-state index in [1.165, 1.54) is 42.5 Å². The Morgan fingerprint density at radius 2 is 1.95 bits per heavy atom. The van der Waals surface area contributed by atoms with Crippen LogP contribution < -0.4 is 5.32 Å². The second-order valence-electron chi connectivity index (χ2n) is 5.88. The number of hydrogen-bond acceptors (Lipinski definition) is 2. The molecule has 1 saturated carbocycles.